The second-order valence-electron chi connectivity index (χ2n) is 5.84. The number of halogens is 17. The third-order valence-electron chi connectivity index (χ3n) is 3.69. The second-order valence-corrected chi connectivity index (χ2v) is 7.23. The fraction of sp³-hybridized carbons (Fsp3) is 1.00. The van der Waals surface area contributed by atoms with Crippen molar-refractivity contribution in [1.29, 1.82) is 0 Å². The Morgan fingerprint density at radius 2 is 0.839 bits per heavy atom. The second kappa shape index (κ2) is 8.09. The summed E-state index contributed by atoms with van der Waals surface area (Å²) in [6, 6.07) is 0. The zero-order valence-corrected chi connectivity index (χ0v) is 15.6. The van der Waals surface area contributed by atoms with E-state index in [0.717, 1.165) is 6.92 Å². The van der Waals surface area contributed by atoms with E-state index in [-0.39, 0.29) is 6.92 Å². The smallest absolute Gasteiger partial charge is 0.417 e. The summed E-state index contributed by atoms with van der Waals surface area (Å²) in [7, 11) is -1.86. The molecule has 0 aliphatic heterocycles. The van der Waals surface area contributed by atoms with Gasteiger partial charge in [0.05, 0.1) is 0 Å². The molecular weight excluding hydrogens is 511 g/mol. The third-order valence-corrected chi connectivity index (χ3v) is 4.87. The molecule has 2 radical (unpaired) electrons. The van der Waals surface area contributed by atoms with Crippen molar-refractivity contribution in [2.24, 2.45) is 0 Å². The molecule has 1 nitrogen and oxygen atoms in total. The molecule has 0 rings (SSSR count). The van der Waals surface area contributed by atoms with Gasteiger partial charge in [0.1, 0.15) is 0 Å². The van der Waals surface area contributed by atoms with Gasteiger partial charge in [-0.05, 0) is 6.92 Å². The Labute approximate surface area is 163 Å². The van der Waals surface area contributed by atoms with Crippen LogP contribution in [0.2, 0.25) is 5.54 Å². The van der Waals surface area contributed by atoms with Crippen LogP contribution in [-0.2, 0) is 4.43 Å². The van der Waals surface area contributed by atoms with E-state index in [1.807, 2.05) is 0 Å². The van der Waals surface area contributed by atoms with Crippen LogP contribution in [0.1, 0.15) is 13.8 Å². The molecule has 0 aromatic rings. The molecule has 0 aromatic heterocycles. The first-order chi connectivity index (χ1) is 13.2. The van der Waals surface area contributed by atoms with Gasteiger partial charge in [0, 0.05) is 12.1 Å². The molecule has 0 saturated carbocycles. The molecule has 0 amide bonds. The minimum atomic E-state index is -8.60. The zero-order valence-electron chi connectivity index (χ0n) is 14.6. The quantitative estimate of drug-likeness (QED) is 0.238. The van der Waals surface area contributed by atoms with E-state index in [4.69, 9.17) is 0 Å². The van der Waals surface area contributed by atoms with Crippen LogP contribution >= 0.6 is 0 Å². The molecule has 0 aromatic carbocycles. The van der Waals surface area contributed by atoms with Gasteiger partial charge < -0.3 is 4.43 Å². The summed E-state index contributed by atoms with van der Waals surface area (Å²) in [5, 5.41) is 0. The van der Waals surface area contributed by atoms with Crippen LogP contribution in [0.3, 0.4) is 0 Å². The first-order valence-corrected chi connectivity index (χ1v) is 8.30. The summed E-state index contributed by atoms with van der Waals surface area (Å²) in [5.74, 6) is -56.1. The van der Waals surface area contributed by atoms with Gasteiger partial charge in [0.2, 0.25) is 9.76 Å². The van der Waals surface area contributed by atoms with Gasteiger partial charge in [-0.15, -0.1) is 0 Å². The van der Waals surface area contributed by atoms with Crippen LogP contribution in [0.15, 0.2) is 0 Å². The normalized spacial score (nSPS) is 17.1. The van der Waals surface area contributed by atoms with Gasteiger partial charge in [0.15, 0.2) is 0 Å². The first-order valence-electron chi connectivity index (χ1n) is 7.32. The van der Waals surface area contributed by atoms with Crippen molar-refractivity contribution in [3.05, 3.63) is 0 Å². The van der Waals surface area contributed by atoms with E-state index in [1.54, 1.807) is 0 Å². The number of alkyl halides is 17. The number of rotatable bonds is 10. The lowest BCUT2D eigenvalue weighted by molar-refractivity contribution is -0.461. The van der Waals surface area contributed by atoms with Crippen molar-refractivity contribution in [3.8, 4) is 0 Å². The molecule has 0 aliphatic carbocycles. The van der Waals surface area contributed by atoms with Gasteiger partial charge in [-0.1, -0.05) is 6.92 Å². The van der Waals surface area contributed by atoms with Crippen molar-refractivity contribution in [2.45, 2.75) is 67.0 Å². The van der Waals surface area contributed by atoms with Crippen LogP contribution < -0.4 is 0 Å². The third kappa shape index (κ3) is 4.07. The molecule has 0 bridgehead atoms. The minimum absolute atomic E-state index is 0.0270. The minimum Gasteiger partial charge on any atom is -0.417 e. The fourth-order valence-electron chi connectivity index (χ4n) is 1.73. The standard InChI is InChI=1S/C12H9F17OSi/c1-3-30-31-4(2)5(13,14)6(15,16)7(17,18)8(19,20)9(21,22)10(23,24)11(25,26)12(27,28)29/h4H,3H2,1-2H3. The van der Waals surface area contributed by atoms with Crippen LogP contribution in [0, 0.1) is 0 Å². The highest BCUT2D eigenvalue weighted by molar-refractivity contribution is 6.29. The molecule has 1 atom stereocenters. The maximum Gasteiger partial charge on any atom is 0.460 e. The number of hydrogen-bond acceptors (Lipinski definition) is 1. The SMILES string of the molecule is CCO[Si]C(C)C(F)(F)C(F)(F)C(F)(F)C(F)(F)C(F)(F)C(F)(F)C(F)(F)C(F)(F)F. The molecular formula is C12H9F17OSi. The molecule has 0 spiro atoms. The molecule has 0 fully saturated rings. The molecule has 186 valence electrons. The van der Waals surface area contributed by atoms with Crippen molar-refractivity contribution in [1.82, 2.24) is 0 Å². The van der Waals surface area contributed by atoms with Crippen LogP contribution in [-0.4, -0.2) is 64.0 Å². The fourth-order valence-corrected chi connectivity index (χ4v) is 2.48. The average Bonchev–Trinajstić information content (AvgIpc) is 2.57. The Morgan fingerprint density at radius 3 is 1.13 bits per heavy atom. The molecule has 0 aliphatic rings. The maximum absolute atomic E-state index is 13.7. The number of hydrogen-bond donors (Lipinski definition) is 0. The lowest BCUT2D eigenvalue weighted by Gasteiger charge is -2.43. The summed E-state index contributed by atoms with van der Waals surface area (Å²) >= 11 is 0. The van der Waals surface area contributed by atoms with Gasteiger partial charge in [0.25, 0.3) is 0 Å². The Balaban J connectivity index is 6.63. The Kier molecular flexibility index (Phi) is 7.82. The predicted molar refractivity (Wildman–Crippen MR) is 67.5 cm³/mol. The van der Waals surface area contributed by atoms with E-state index in [1.165, 1.54) is 0 Å². The average molecular weight is 520 g/mol. The summed E-state index contributed by atoms with van der Waals surface area (Å²) < 4.78 is 226. The van der Waals surface area contributed by atoms with Crippen LogP contribution in [0.25, 0.3) is 0 Å². The lowest BCUT2D eigenvalue weighted by atomic mass is 9.88. The van der Waals surface area contributed by atoms with Crippen molar-refractivity contribution in [2.75, 3.05) is 6.61 Å². The van der Waals surface area contributed by atoms with E-state index < -0.39 is 69.5 Å². The molecule has 0 saturated heterocycles. The maximum atomic E-state index is 13.7. The van der Waals surface area contributed by atoms with Gasteiger partial charge in [-0.3, -0.25) is 0 Å². The van der Waals surface area contributed by atoms with Crippen LogP contribution in [0.5, 0.6) is 0 Å². The van der Waals surface area contributed by atoms with Crippen molar-refractivity contribution >= 4 is 9.76 Å². The first kappa shape index (κ1) is 30.0. The topological polar surface area (TPSA) is 9.23 Å². The monoisotopic (exact) mass is 520 g/mol. The highest BCUT2D eigenvalue weighted by atomic mass is 28.2. The highest BCUT2D eigenvalue weighted by Gasteiger charge is 2.95. The Bertz CT molecular complexity index is 625. The molecule has 0 N–H and O–H groups in total. The predicted octanol–water partition coefficient (Wildman–Crippen LogP) is 6.46. The van der Waals surface area contributed by atoms with E-state index in [9.17, 15) is 74.6 Å². The van der Waals surface area contributed by atoms with E-state index >= 15 is 0 Å². The zero-order chi connectivity index (χ0) is 25.7. The highest BCUT2D eigenvalue weighted by Crippen LogP contribution is 2.64. The summed E-state index contributed by atoms with van der Waals surface area (Å²) in [5.41, 5.74) is -3.14. The largest absolute Gasteiger partial charge is 0.460 e. The van der Waals surface area contributed by atoms with E-state index in [0.29, 0.717) is 0 Å². The molecule has 0 heterocycles. The summed E-state index contributed by atoms with van der Waals surface area (Å²) in [6.07, 6.45) is -7.76. The van der Waals surface area contributed by atoms with Crippen LogP contribution in [0.4, 0.5) is 74.6 Å². The molecule has 31 heavy (non-hydrogen) atoms. The molecule has 19 heteroatoms. The van der Waals surface area contributed by atoms with Gasteiger partial charge in [-0.2, -0.15) is 74.6 Å². The Morgan fingerprint density at radius 1 is 0.548 bits per heavy atom. The van der Waals surface area contributed by atoms with E-state index in [2.05, 4.69) is 4.43 Å². The summed E-state index contributed by atoms with van der Waals surface area (Å²) in [4.78, 5) is 0. The van der Waals surface area contributed by atoms with Crippen molar-refractivity contribution < 1.29 is 79.1 Å². The summed E-state index contributed by atoms with van der Waals surface area (Å²) in [6.45, 7) is 0.511. The molecule has 1 unspecified atom stereocenters. The van der Waals surface area contributed by atoms with Gasteiger partial charge >= 0.3 is 47.6 Å². The lowest BCUT2D eigenvalue weighted by Crippen LogP contribution is -2.74. The van der Waals surface area contributed by atoms with Crippen molar-refractivity contribution in [3.63, 3.8) is 0 Å². The Hall–Kier alpha value is -1.01. The van der Waals surface area contributed by atoms with Gasteiger partial charge in [-0.25, -0.2) is 0 Å².